The van der Waals surface area contributed by atoms with E-state index in [0.29, 0.717) is 11.0 Å². The quantitative estimate of drug-likeness (QED) is 0.637. The van der Waals surface area contributed by atoms with Gasteiger partial charge >= 0.3 is 6.18 Å². The van der Waals surface area contributed by atoms with Gasteiger partial charge in [-0.2, -0.15) is 18.3 Å². The molecule has 0 radical (unpaired) electrons. The van der Waals surface area contributed by atoms with E-state index in [1.54, 1.807) is 19.2 Å². The van der Waals surface area contributed by atoms with Gasteiger partial charge in [-0.3, -0.25) is 9.67 Å². The molecule has 0 saturated heterocycles. The summed E-state index contributed by atoms with van der Waals surface area (Å²) in [6.45, 7) is 1.87. The third-order valence-electron chi connectivity index (χ3n) is 3.57. The van der Waals surface area contributed by atoms with Crippen LogP contribution >= 0.6 is 11.6 Å². The van der Waals surface area contributed by atoms with Crippen molar-refractivity contribution in [2.45, 2.75) is 25.7 Å². The van der Waals surface area contributed by atoms with Crippen LogP contribution in [0.4, 0.5) is 13.2 Å². The maximum absolute atomic E-state index is 13.0. The second-order valence-corrected chi connectivity index (χ2v) is 5.95. The highest BCUT2D eigenvalue weighted by atomic mass is 35.5. The van der Waals surface area contributed by atoms with Gasteiger partial charge in [0.05, 0.1) is 6.04 Å². The Hall–Kier alpha value is -2.22. The molecule has 25 heavy (non-hydrogen) atoms. The molecule has 0 bridgehead atoms. The van der Waals surface area contributed by atoms with Gasteiger partial charge in [0, 0.05) is 37.4 Å². The summed E-state index contributed by atoms with van der Waals surface area (Å²) in [6.07, 6.45) is -3.16. The highest BCUT2D eigenvalue weighted by Gasteiger charge is 2.36. The molecule has 1 aromatic heterocycles. The average Bonchev–Trinajstić information content (AvgIpc) is 2.93. The molecule has 0 aliphatic carbocycles. The fourth-order valence-corrected chi connectivity index (χ4v) is 2.45. The highest BCUT2D eigenvalue weighted by Crippen LogP contribution is 2.30. The molecule has 1 aromatic carbocycles. The van der Waals surface area contributed by atoms with Crippen molar-refractivity contribution >= 4 is 17.6 Å². The largest absolute Gasteiger partial charge is 0.435 e. The van der Waals surface area contributed by atoms with Gasteiger partial charge in [0.25, 0.3) is 0 Å². The molecule has 0 aliphatic heterocycles. The Labute approximate surface area is 148 Å². The molecule has 0 fully saturated rings. The van der Waals surface area contributed by atoms with Crippen molar-refractivity contribution in [1.29, 1.82) is 0 Å². The molecular formula is C16H19ClF3N5. The number of halogens is 4. The first-order valence-corrected chi connectivity index (χ1v) is 7.91. The standard InChI is InChI=1S/C16H19ClF3N5/c1-10(11-4-6-13(17)7-5-11)23-15(21-2)22-8-12-9-25(3)24-14(12)16(18,19)20/h4-7,9-10H,8H2,1-3H3,(H2,21,22,23). The third-order valence-corrected chi connectivity index (χ3v) is 3.82. The van der Waals surface area contributed by atoms with Crippen LogP contribution in [0.1, 0.15) is 29.8 Å². The van der Waals surface area contributed by atoms with E-state index in [0.717, 1.165) is 10.2 Å². The van der Waals surface area contributed by atoms with Crippen molar-refractivity contribution in [3.05, 3.63) is 52.3 Å². The predicted molar refractivity (Wildman–Crippen MR) is 91.4 cm³/mol. The minimum absolute atomic E-state index is 0.0459. The Bertz CT molecular complexity index is 737. The highest BCUT2D eigenvalue weighted by molar-refractivity contribution is 6.30. The van der Waals surface area contributed by atoms with Crippen molar-refractivity contribution in [1.82, 2.24) is 20.4 Å². The summed E-state index contributed by atoms with van der Waals surface area (Å²) in [4.78, 5) is 4.04. The lowest BCUT2D eigenvalue weighted by Gasteiger charge is -2.18. The fourth-order valence-electron chi connectivity index (χ4n) is 2.32. The van der Waals surface area contributed by atoms with Crippen LogP contribution in [0.15, 0.2) is 35.5 Å². The van der Waals surface area contributed by atoms with Crippen molar-refractivity contribution < 1.29 is 13.2 Å². The molecule has 0 saturated carbocycles. The average molecular weight is 374 g/mol. The molecule has 0 aliphatic rings. The van der Waals surface area contributed by atoms with E-state index in [1.165, 1.54) is 13.2 Å². The van der Waals surface area contributed by atoms with E-state index in [4.69, 9.17) is 11.6 Å². The monoisotopic (exact) mass is 373 g/mol. The molecule has 2 aromatic rings. The number of nitrogens with zero attached hydrogens (tertiary/aromatic N) is 3. The van der Waals surface area contributed by atoms with E-state index in [2.05, 4.69) is 20.7 Å². The van der Waals surface area contributed by atoms with Crippen molar-refractivity contribution in [2.75, 3.05) is 7.05 Å². The van der Waals surface area contributed by atoms with E-state index >= 15 is 0 Å². The molecule has 2 N–H and O–H groups in total. The number of hydrogen-bond acceptors (Lipinski definition) is 2. The summed E-state index contributed by atoms with van der Waals surface area (Å²) in [7, 11) is 3.01. The van der Waals surface area contributed by atoms with Crippen molar-refractivity contribution in [3.8, 4) is 0 Å². The van der Waals surface area contributed by atoms with Gasteiger partial charge in [-0.1, -0.05) is 23.7 Å². The molecule has 9 heteroatoms. The Balaban J connectivity index is 2.03. The number of nitrogens with one attached hydrogen (secondary N) is 2. The second-order valence-electron chi connectivity index (χ2n) is 5.52. The normalized spacial score (nSPS) is 13.6. The van der Waals surface area contributed by atoms with Crippen LogP contribution in [0.3, 0.4) is 0 Å². The predicted octanol–water partition coefficient (Wildman–Crippen LogP) is 3.52. The number of benzene rings is 1. The Morgan fingerprint density at radius 3 is 2.52 bits per heavy atom. The zero-order chi connectivity index (χ0) is 18.6. The van der Waals surface area contributed by atoms with Crippen LogP contribution in [0, 0.1) is 0 Å². The van der Waals surface area contributed by atoms with Gasteiger partial charge in [0.2, 0.25) is 0 Å². The van der Waals surface area contributed by atoms with Gasteiger partial charge in [-0.25, -0.2) is 0 Å². The van der Waals surface area contributed by atoms with Gasteiger partial charge in [0.15, 0.2) is 11.7 Å². The van der Waals surface area contributed by atoms with E-state index in [1.807, 2.05) is 19.1 Å². The summed E-state index contributed by atoms with van der Waals surface area (Å²) in [5, 5.41) is 10.1. The lowest BCUT2D eigenvalue weighted by molar-refractivity contribution is -0.142. The number of hydrogen-bond donors (Lipinski definition) is 2. The minimum Gasteiger partial charge on any atom is -0.352 e. The molecule has 1 unspecified atom stereocenters. The van der Waals surface area contributed by atoms with Crippen molar-refractivity contribution in [2.24, 2.45) is 12.0 Å². The van der Waals surface area contributed by atoms with Crippen LogP contribution in [0.25, 0.3) is 0 Å². The zero-order valence-corrected chi connectivity index (χ0v) is 14.8. The number of aromatic nitrogens is 2. The summed E-state index contributed by atoms with van der Waals surface area (Å²) < 4.78 is 40.1. The van der Waals surface area contributed by atoms with E-state index in [9.17, 15) is 13.2 Å². The minimum atomic E-state index is -4.49. The molecule has 1 atom stereocenters. The summed E-state index contributed by atoms with van der Waals surface area (Å²) in [5.41, 5.74) is 0.130. The molecule has 136 valence electrons. The molecule has 0 spiro atoms. The number of aliphatic imine (C=N–C) groups is 1. The van der Waals surface area contributed by atoms with Crippen molar-refractivity contribution in [3.63, 3.8) is 0 Å². The first-order valence-electron chi connectivity index (χ1n) is 7.53. The summed E-state index contributed by atoms with van der Waals surface area (Å²) in [5.74, 6) is 0.388. The second kappa shape index (κ2) is 7.77. The van der Waals surface area contributed by atoms with E-state index < -0.39 is 11.9 Å². The lowest BCUT2D eigenvalue weighted by Crippen LogP contribution is -2.38. The number of guanidine groups is 1. The number of alkyl halides is 3. The number of rotatable bonds is 4. The Morgan fingerprint density at radius 1 is 1.32 bits per heavy atom. The van der Waals surface area contributed by atoms with Gasteiger partial charge in [0.1, 0.15) is 0 Å². The molecular weight excluding hydrogens is 355 g/mol. The van der Waals surface area contributed by atoms with Crippen LogP contribution in [0.5, 0.6) is 0 Å². The lowest BCUT2D eigenvalue weighted by atomic mass is 10.1. The maximum atomic E-state index is 13.0. The first kappa shape index (κ1) is 19.1. The molecule has 0 amide bonds. The Kier molecular flexibility index (Phi) is 5.94. The summed E-state index contributed by atoms with van der Waals surface area (Å²) >= 11 is 5.86. The maximum Gasteiger partial charge on any atom is 0.435 e. The smallest absolute Gasteiger partial charge is 0.352 e. The van der Waals surface area contributed by atoms with Crippen LogP contribution in [0.2, 0.25) is 5.02 Å². The van der Waals surface area contributed by atoms with Crippen LogP contribution in [-0.4, -0.2) is 22.8 Å². The number of aryl methyl sites for hydroxylation is 1. The Morgan fingerprint density at radius 2 is 1.96 bits per heavy atom. The molecule has 2 rings (SSSR count). The topological polar surface area (TPSA) is 54.2 Å². The zero-order valence-electron chi connectivity index (χ0n) is 14.0. The SMILES string of the molecule is CN=C(NCc1cn(C)nc1C(F)(F)F)NC(C)c1ccc(Cl)cc1. The van der Waals surface area contributed by atoms with Crippen LogP contribution < -0.4 is 10.6 Å². The fraction of sp³-hybridized carbons (Fsp3) is 0.375. The first-order chi connectivity index (χ1) is 11.7. The van der Waals surface area contributed by atoms with Gasteiger partial charge < -0.3 is 10.6 Å². The van der Waals surface area contributed by atoms with Crippen LogP contribution in [-0.2, 0) is 19.8 Å². The van der Waals surface area contributed by atoms with Gasteiger partial charge in [-0.05, 0) is 24.6 Å². The summed E-state index contributed by atoms with van der Waals surface area (Å²) in [6, 6.07) is 7.19. The molecule has 1 heterocycles. The molecule has 5 nitrogen and oxygen atoms in total. The van der Waals surface area contributed by atoms with E-state index in [-0.39, 0.29) is 18.2 Å². The third kappa shape index (κ3) is 5.12. The van der Waals surface area contributed by atoms with Gasteiger partial charge in [-0.15, -0.1) is 0 Å².